The summed E-state index contributed by atoms with van der Waals surface area (Å²) in [5.41, 5.74) is 9.23. The van der Waals surface area contributed by atoms with Crippen molar-refractivity contribution in [2.75, 3.05) is 13.2 Å². The van der Waals surface area contributed by atoms with Crippen molar-refractivity contribution in [2.24, 2.45) is 5.11 Å². The number of hydrogen-bond donors (Lipinski definition) is 1. The van der Waals surface area contributed by atoms with Crippen molar-refractivity contribution >= 4 is 0 Å². The average molecular weight is 231 g/mol. The van der Waals surface area contributed by atoms with Crippen molar-refractivity contribution in [3.05, 3.63) is 46.3 Å². The maximum atomic E-state index is 9.86. The molecule has 0 aromatic heterocycles. The highest BCUT2D eigenvalue weighted by atomic mass is 16.5. The van der Waals surface area contributed by atoms with E-state index in [1.54, 1.807) is 12.1 Å². The Labute approximate surface area is 99.7 Å². The lowest BCUT2D eigenvalue weighted by atomic mass is 10.0. The first-order chi connectivity index (χ1) is 8.29. The highest BCUT2D eigenvalue weighted by Gasteiger charge is 2.19. The molecule has 0 aliphatic heterocycles. The summed E-state index contributed by atoms with van der Waals surface area (Å²) >= 11 is 0. The highest BCUT2D eigenvalue weighted by Crippen LogP contribution is 2.21. The molecule has 0 aliphatic rings. The topological polar surface area (TPSA) is 78.2 Å². The van der Waals surface area contributed by atoms with E-state index in [-0.39, 0.29) is 13.2 Å². The van der Waals surface area contributed by atoms with Gasteiger partial charge in [0.1, 0.15) is 6.61 Å². The molecule has 1 rings (SSSR count). The molecule has 0 amide bonds. The first-order valence-electron chi connectivity index (χ1n) is 5.08. The standard InChI is InChI=1S/C12H13N3O2/c1-2-8-17-9-11(16)12(14-15-13)10-6-4-3-5-7-10/h1,3-7,11-12,16H,8-9H2/t11-,12+/m0/s1. The van der Waals surface area contributed by atoms with Crippen molar-refractivity contribution < 1.29 is 9.84 Å². The molecule has 88 valence electrons. The van der Waals surface area contributed by atoms with Gasteiger partial charge in [0.25, 0.3) is 0 Å². The van der Waals surface area contributed by atoms with E-state index < -0.39 is 12.1 Å². The van der Waals surface area contributed by atoms with E-state index in [4.69, 9.17) is 16.7 Å². The molecule has 1 N–H and O–H groups in total. The third kappa shape index (κ3) is 4.17. The first kappa shape index (κ1) is 13.1. The van der Waals surface area contributed by atoms with Gasteiger partial charge in [-0.2, -0.15) is 0 Å². The summed E-state index contributed by atoms with van der Waals surface area (Å²) in [5, 5.41) is 13.4. The Morgan fingerprint density at radius 3 is 2.76 bits per heavy atom. The number of rotatable bonds is 6. The Hall–Kier alpha value is -1.99. The predicted octanol–water partition coefficient (Wildman–Crippen LogP) is 2.05. The Morgan fingerprint density at radius 1 is 1.47 bits per heavy atom. The Balaban J connectivity index is 2.73. The minimum absolute atomic E-state index is 0.0305. The smallest absolute Gasteiger partial charge is 0.107 e. The fourth-order valence-electron chi connectivity index (χ4n) is 1.40. The molecule has 0 saturated carbocycles. The fraction of sp³-hybridized carbons (Fsp3) is 0.333. The van der Waals surface area contributed by atoms with Crippen LogP contribution in [0.1, 0.15) is 11.6 Å². The molecule has 0 spiro atoms. The zero-order chi connectivity index (χ0) is 12.5. The molecule has 0 radical (unpaired) electrons. The quantitative estimate of drug-likeness (QED) is 0.267. The third-order valence-corrected chi connectivity index (χ3v) is 2.16. The molecule has 0 unspecified atom stereocenters. The van der Waals surface area contributed by atoms with Gasteiger partial charge in [-0.3, -0.25) is 0 Å². The average Bonchev–Trinajstić information content (AvgIpc) is 2.37. The summed E-state index contributed by atoms with van der Waals surface area (Å²) in [7, 11) is 0. The largest absolute Gasteiger partial charge is 0.390 e. The van der Waals surface area contributed by atoms with Crippen LogP contribution < -0.4 is 0 Å². The number of hydrogen-bond acceptors (Lipinski definition) is 3. The molecule has 0 aliphatic carbocycles. The molecule has 2 atom stereocenters. The molecule has 0 bridgehead atoms. The van der Waals surface area contributed by atoms with Crippen LogP contribution in [0.4, 0.5) is 0 Å². The van der Waals surface area contributed by atoms with Crippen molar-refractivity contribution in [2.45, 2.75) is 12.1 Å². The lowest BCUT2D eigenvalue weighted by molar-refractivity contribution is 0.0361. The first-order valence-corrected chi connectivity index (χ1v) is 5.08. The number of nitrogens with zero attached hydrogens (tertiary/aromatic N) is 3. The van der Waals surface area contributed by atoms with Crippen LogP contribution in [0, 0.1) is 12.3 Å². The van der Waals surface area contributed by atoms with Gasteiger partial charge >= 0.3 is 0 Å². The van der Waals surface area contributed by atoms with Crippen molar-refractivity contribution in [1.82, 2.24) is 0 Å². The monoisotopic (exact) mass is 231 g/mol. The maximum Gasteiger partial charge on any atom is 0.107 e. The van der Waals surface area contributed by atoms with Crippen LogP contribution in [0.2, 0.25) is 0 Å². The molecule has 5 nitrogen and oxygen atoms in total. The van der Waals surface area contributed by atoms with Gasteiger partial charge in [-0.05, 0) is 11.1 Å². The minimum Gasteiger partial charge on any atom is -0.390 e. The van der Waals surface area contributed by atoms with E-state index in [1.165, 1.54) is 0 Å². The summed E-state index contributed by atoms with van der Waals surface area (Å²) in [6.45, 7) is 0.150. The van der Waals surface area contributed by atoms with E-state index >= 15 is 0 Å². The number of aliphatic hydroxyl groups is 1. The Bertz CT molecular complexity index is 421. The van der Waals surface area contributed by atoms with Gasteiger partial charge in [0.15, 0.2) is 0 Å². The van der Waals surface area contributed by atoms with Crippen LogP contribution in [-0.2, 0) is 4.74 Å². The van der Waals surface area contributed by atoms with Gasteiger partial charge in [0, 0.05) is 4.91 Å². The molecular weight excluding hydrogens is 218 g/mol. The molecule has 0 fully saturated rings. The molecule has 17 heavy (non-hydrogen) atoms. The summed E-state index contributed by atoms with van der Waals surface area (Å²) in [6, 6.07) is 8.36. The van der Waals surface area contributed by atoms with Crippen LogP contribution in [0.5, 0.6) is 0 Å². The zero-order valence-corrected chi connectivity index (χ0v) is 9.23. The van der Waals surface area contributed by atoms with Gasteiger partial charge in [0.05, 0.1) is 18.8 Å². The van der Waals surface area contributed by atoms with Crippen LogP contribution in [0.3, 0.4) is 0 Å². The van der Waals surface area contributed by atoms with Crippen molar-refractivity contribution in [1.29, 1.82) is 0 Å². The number of azide groups is 1. The molecule has 1 aromatic rings. The van der Waals surface area contributed by atoms with Gasteiger partial charge in [-0.1, -0.05) is 41.4 Å². The van der Waals surface area contributed by atoms with E-state index in [1.807, 2.05) is 18.2 Å². The Kier molecular flexibility index (Phi) is 5.62. The summed E-state index contributed by atoms with van der Waals surface area (Å²) in [6.07, 6.45) is 4.11. The molecule has 0 heterocycles. The number of ether oxygens (including phenoxy) is 1. The van der Waals surface area contributed by atoms with Crippen LogP contribution in [0.25, 0.3) is 10.4 Å². The van der Waals surface area contributed by atoms with Crippen molar-refractivity contribution in [3.63, 3.8) is 0 Å². The molecular formula is C12H13N3O2. The second kappa shape index (κ2) is 7.31. The summed E-state index contributed by atoms with van der Waals surface area (Å²) in [5.74, 6) is 2.30. The molecule has 0 saturated heterocycles. The van der Waals surface area contributed by atoms with E-state index in [2.05, 4.69) is 15.9 Å². The third-order valence-electron chi connectivity index (χ3n) is 2.16. The lowest BCUT2D eigenvalue weighted by Crippen LogP contribution is -2.22. The number of benzene rings is 1. The highest BCUT2D eigenvalue weighted by molar-refractivity contribution is 5.20. The molecule has 1 aromatic carbocycles. The summed E-state index contributed by atoms with van der Waals surface area (Å²) in [4.78, 5) is 2.73. The maximum absolute atomic E-state index is 9.86. The zero-order valence-electron chi connectivity index (χ0n) is 9.23. The lowest BCUT2D eigenvalue weighted by Gasteiger charge is -2.18. The van der Waals surface area contributed by atoms with E-state index in [0.29, 0.717) is 0 Å². The van der Waals surface area contributed by atoms with Crippen LogP contribution in [0.15, 0.2) is 35.4 Å². The van der Waals surface area contributed by atoms with Gasteiger partial charge < -0.3 is 9.84 Å². The van der Waals surface area contributed by atoms with Gasteiger partial charge in [0.2, 0.25) is 0 Å². The normalized spacial score (nSPS) is 13.2. The predicted molar refractivity (Wildman–Crippen MR) is 64.0 cm³/mol. The van der Waals surface area contributed by atoms with Crippen LogP contribution >= 0.6 is 0 Å². The fourth-order valence-corrected chi connectivity index (χ4v) is 1.40. The number of terminal acetylenes is 1. The second-order valence-electron chi connectivity index (χ2n) is 3.35. The van der Waals surface area contributed by atoms with Crippen LogP contribution in [-0.4, -0.2) is 24.4 Å². The SMILES string of the molecule is C#CCOC[C@H](O)[C@H](N=[N+]=[N-])c1ccccc1. The Morgan fingerprint density at radius 2 is 2.18 bits per heavy atom. The molecule has 5 heteroatoms. The van der Waals surface area contributed by atoms with E-state index in [9.17, 15) is 5.11 Å². The second-order valence-corrected chi connectivity index (χ2v) is 3.35. The van der Waals surface area contributed by atoms with Gasteiger partial charge in [-0.15, -0.1) is 6.42 Å². The minimum atomic E-state index is -0.915. The number of aliphatic hydroxyl groups excluding tert-OH is 1. The summed E-state index contributed by atoms with van der Waals surface area (Å²) < 4.78 is 5.02. The van der Waals surface area contributed by atoms with Crippen molar-refractivity contribution in [3.8, 4) is 12.3 Å². The van der Waals surface area contributed by atoms with E-state index in [0.717, 1.165) is 5.56 Å². The van der Waals surface area contributed by atoms with Gasteiger partial charge in [-0.25, -0.2) is 0 Å².